The van der Waals surface area contributed by atoms with E-state index in [0.717, 1.165) is 12.1 Å². The summed E-state index contributed by atoms with van der Waals surface area (Å²) in [6.45, 7) is 2.11. The van der Waals surface area contributed by atoms with Gasteiger partial charge in [0.2, 0.25) is 0 Å². The highest BCUT2D eigenvalue weighted by molar-refractivity contribution is 5.80. The molecule has 0 aromatic heterocycles. The van der Waals surface area contributed by atoms with E-state index in [-0.39, 0.29) is 0 Å². The van der Waals surface area contributed by atoms with Crippen molar-refractivity contribution in [3.63, 3.8) is 0 Å². The highest BCUT2D eigenvalue weighted by Crippen LogP contribution is 2.26. The summed E-state index contributed by atoms with van der Waals surface area (Å²) in [6.07, 6.45) is 0. The van der Waals surface area contributed by atoms with Crippen LogP contribution in [0.25, 0.3) is 0 Å². The van der Waals surface area contributed by atoms with Gasteiger partial charge in [0, 0.05) is 13.1 Å². The Balaban J connectivity index is 3.08. The van der Waals surface area contributed by atoms with Crippen LogP contribution in [0.15, 0.2) is 18.2 Å². The van der Waals surface area contributed by atoms with E-state index in [1.54, 1.807) is 0 Å². The molecule has 0 amide bonds. The number of nitrogens with zero attached hydrogens (tertiary/aromatic N) is 1. The fourth-order valence-corrected chi connectivity index (χ4v) is 1.78. The number of nitrogens with one attached hydrogen (secondary N) is 1. The summed E-state index contributed by atoms with van der Waals surface area (Å²) < 4.78 is 27.5. The molecule has 106 valence electrons. The Bertz CT molecular complexity index is 446. The van der Waals surface area contributed by atoms with Gasteiger partial charge in [-0.25, -0.2) is 13.6 Å². The van der Waals surface area contributed by atoms with Crippen molar-refractivity contribution in [2.24, 2.45) is 0 Å². The Morgan fingerprint density at radius 1 is 1.37 bits per heavy atom. The number of likely N-dealkylation sites (N-methyl/N-ethyl adjacent to an activating group) is 1. The molecule has 0 aliphatic carbocycles. The van der Waals surface area contributed by atoms with Gasteiger partial charge in [-0.3, -0.25) is 5.32 Å². The maximum atomic E-state index is 13.7. The van der Waals surface area contributed by atoms with E-state index < -0.39 is 28.7 Å². The standard InChI is InChI=1S/C13H18F2N2O2/c1-13(12(18)19,16-7-8-17(2)3)11-9(14)5-4-6-10(11)15/h4-6,16H,7-8H2,1-3H3,(H,18,19). The third-order valence-corrected chi connectivity index (χ3v) is 2.93. The molecule has 1 unspecified atom stereocenters. The first-order valence-electron chi connectivity index (χ1n) is 5.86. The van der Waals surface area contributed by atoms with Crippen molar-refractivity contribution in [2.75, 3.05) is 27.2 Å². The van der Waals surface area contributed by atoms with Crippen LogP contribution in [0.1, 0.15) is 12.5 Å². The fraction of sp³-hybridized carbons (Fsp3) is 0.462. The number of carbonyl (C=O) groups is 1. The number of benzene rings is 1. The van der Waals surface area contributed by atoms with E-state index in [0.29, 0.717) is 13.1 Å². The summed E-state index contributed by atoms with van der Waals surface area (Å²) in [5.41, 5.74) is -2.27. The average Bonchev–Trinajstić information content (AvgIpc) is 2.27. The summed E-state index contributed by atoms with van der Waals surface area (Å²) in [7, 11) is 3.65. The van der Waals surface area contributed by atoms with E-state index in [1.165, 1.54) is 13.0 Å². The number of aliphatic carboxylic acids is 1. The zero-order chi connectivity index (χ0) is 14.6. The van der Waals surface area contributed by atoms with Gasteiger partial charge in [0.15, 0.2) is 0 Å². The Hall–Kier alpha value is -1.53. The van der Waals surface area contributed by atoms with Crippen molar-refractivity contribution >= 4 is 5.97 Å². The minimum Gasteiger partial charge on any atom is -0.480 e. The van der Waals surface area contributed by atoms with Gasteiger partial charge in [-0.15, -0.1) is 0 Å². The summed E-state index contributed by atoms with van der Waals surface area (Å²) in [5.74, 6) is -3.07. The number of halogens is 2. The van der Waals surface area contributed by atoms with E-state index in [2.05, 4.69) is 5.32 Å². The molecule has 0 aliphatic rings. The van der Waals surface area contributed by atoms with Gasteiger partial charge in [-0.2, -0.15) is 0 Å². The molecular weight excluding hydrogens is 254 g/mol. The predicted octanol–water partition coefficient (Wildman–Crippen LogP) is 1.42. The molecule has 0 radical (unpaired) electrons. The molecule has 6 heteroatoms. The van der Waals surface area contributed by atoms with Crippen LogP contribution in [0, 0.1) is 11.6 Å². The van der Waals surface area contributed by atoms with Gasteiger partial charge in [0.25, 0.3) is 0 Å². The molecule has 0 heterocycles. The van der Waals surface area contributed by atoms with Gasteiger partial charge >= 0.3 is 5.97 Å². The molecule has 0 aliphatic heterocycles. The second kappa shape index (κ2) is 6.08. The molecule has 0 fully saturated rings. The number of hydrogen-bond donors (Lipinski definition) is 2. The Kier molecular flexibility index (Phi) is 4.97. The second-order valence-corrected chi connectivity index (χ2v) is 4.76. The first-order valence-corrected chi connectivity index (χ1v) is 5.86. The highest BCUT2D eigenvalue weighted by Gasteiger charge is 2.39. The van der Waals surface area contributed by atoms with Crippen LogP contribution in [-0.4, -0.2) is 43.2 Å². The Morgan fingerprint density at radius 3 is 2.32 bits per heavy atom. The van der Waals surface area contributed by atoms with Gasteiger partial charge < -0.3 is 10.0 Å². The first kappa shape index (κ1) is 15.5. The van der Waals surface area contributed by atoms with Crippen LogP contribution < -0.4 is 5.32 Å². The van der Waals surface area contributed by atoms with Crippen molar-refractivity contribution in [3.8, 4) is 0 Å². The third-order valence-electron chi connectivity index (χ3n) is 2.93. The average molecular weight is 272 g/mol. The van der Waals surface area contributed by atoms with Crippen LogP contribution >= 0.6 is 0 Å². The van der Waals surface area contributed by atoms with Gasteiger partial charge in [0.1, 0.15) is 17.2 Å². The molecule has 0 saturated heterocycles. The minimum absolute atomic E-state index is 0.295. The lowest BCUT2D eigenvalue weighted by molar-refractivity contribution is -0.144. The largest absolute Gasteiger partial charge is 0.480 e. The number of carboxylic acid groups (broad SMARTS) is 1. The summed E-state index contributed by atoms with van der Waals surface area (Å²) in [4.78, 5) is 13.2. The Labute approximate surface area is 111 Å². The highest BCUT2D eigenvalue weighted by atomic mass is 19.1. The molecule has 4 nitrogen and oxygen atoms in total. The molecule has 0 bridgehead atoms. The normalized spacial score (nSPS) is 14.4. The SMILES string of the molecule is CN(C)CCNC(C)(C(=O)O)c1c(F)cccc1F. The van der Waals surface area contributed by atoms with Crippen LogP contribution in [0.3, 0.4) is 0 Å². The van der Waals surface area contributed by atoms with Gasteiger partial charge in [-0.1, -0.05) is 6.07 Å². The molecule has 0 spiro atoms. The third kappa shape index (κ3) is 3.48. The molecule has 1 atom stereocenters. The molecule has 1 rings (SSSR count). The molecular formula is C13H18F2N2O2. The van der Waals surface area contributed by atoms with Crippen LogP contribution in [0.2, 0.25) is 0 Å². The predicted molar refractivity (Wildman–Crippen MR) is 67.9 cm³/mol. The van der Waals surface area contributed by atoms with E-state index in [9.17, 15) is 18.7 Å². The fourth-order valence-electron chi connectivity index (χ4n) is 1.78. The van der Waals surface area contributed by atoms with Crippen molar-refractivity contribution < 1.29 is 18.7 Å². The van der Waals surface area contributed by atoms with Crippen LogP contribution in [0.5, 0.6) is 0 Å². The second-order valence-electron chi connectivity index (χ2n) is 4.76. The summed E-state index contributed by atoms with van der Waals surface area (Å²) in [6, 6.07) is 3.30. The summed E-state index contributed by atoms with van der Waals surface area (Å²) >= 11 is 0. The molecule has 19 heavy (non-hydrogen) atoms. The molecule has 1 aromatic rings. The topological polar surface area (TPSA) is 52.6 Å². The quantitative estimate of drug-likeness (QED) is 0.822. The van der Waals surface area contributed by atoms with Gasteiger partial charge in [0.05, 0.1) is 5.56 Å². The van der Waals surface area contributed by atoms with E-state index in [1.807, 2.05) is 19.0 Å². The van der Waals surface area contributed by atoms with Crippen molar-refractivity contribution in [1.29, 1.82) is 0 Å². The van der Waals surface area contributed by atoms with Crippen molar-refractivity contribution in [3.05, 3.63) is 35.4 Å². The van der Waals surface area contributed by atoms with E-state index in [4.69, 9.17) is 0 Å². The molecule has 0 saturated carbocycles. The lowest BCUT2D eigenvalue weighted by atomic mass is 9.91. The maximum absolute atomic E-state index is 13.7. The van der Waals surface area contributed by atoms with Crippen LogP contribution in [-0.2, 0) is 10.3 Å². The summed E-state index contributed by atoms with van der Waals surface area (Å²) in [5, 5.41) is 12.0. The monoisotopic (exact) mass is 272 g/mol. The lowest BCUT2D eigenvalue weighted by Gasteiger charge is -2.28. The van der Waals surface area contributed by atoms with Crippen molar-refractivity contribution in [1.82, 2.24) is 10.2 Å². The molecule has 2 N–H and O–H groups in total. The van der Waals surface area contributed by atoms with Gasteiger partial charge in [-0.05, 0) is 33.2 Å². The number of carboxylic acids is 1. The zero-order valence-electron chi connectivity index (χ0n) is 11.2. The first-order chi connectivity index (χ1) is 8.79. The smallest absolute Gasteiger partial charge is 0.328 e. The maximum Gasteiger partial charge on any atom is 0.328 e. The van der Waals surface area contributed by atoms with Crippen LogP contribution in [0.4, 0.5) is 8.78 Å². The van der Waals surface area contributed by atoms with Crippen molar-refractivity contribution in [2.45, 2.75) is 12.5 Å². The minimum atomic E-state index is -1.80. The molecule has 1 aromatic carbocycles. The lowest BCUT2D eigenvalue weighted by Crippen LogP contribution is -2.49. The number of rotatable bonds is 6. The zero-order valence-corrected chi connectivity index (χ0v) is 11.2. The van der Waals surface area contributed by atoms with E-state index >= 15 is 0 Å². The Morgan fingerprint density at radius 2 is 1.89 bits per heavy atom. The number of hydrogen-bond acceptors (Lipinski definition) is 3.